The topological polar surface area (TPSA) is 44.5 Å². The fourth-order valence-corrected chi connectivity index (χ4v) is 2.80. The van der Waals surface area contributed by atoms with Crippen molar-refractivity contribution in [2.45, 2.75) is 18.9 Å². The van der Waals surface area contributed by atoms with Crippen LogP contribution in [-0.4, -0.2) is 20.3 Å². The van der Waals surface area contributed by atoms with Gasteiger partial charge < -0.3 is 15.2 Å². The van der Waals surface area contributed by atoms with Crippen LogP contribution in [0, 0.1) is 5.92 Å². The summed E-state index contributed by atoms with van der Waals surface area (Å²) in [4.78, 5) is 0. The average Bonchev–Trinajstić information content (AvgIpc) is 2.39. The minimum absolute atomic E-state index is 0. The van der Waals surface area contributed by atoms with Crippen molar-refractivity contribution in [3.8, 4) is 5.75 Å². The zero-order chi connectivity index (χ0) is 12.3. The van der Waals surface area contributed by atoms with Crippen LogP contribution < -0.4 is 10.5 Å². The summed E-state index contributed by atoms with van der Waals surface area (Å²) >= 11 is 3.49. The first-order valence-electron chi connectivity index (χ1n) is 5.89. The van der Waals surface area contributed by atoms with E-state index in [1.807, 2.05) is 12.1 Å². The molecule has 0 amide bonds. The lowest BCUT2D eigenvalue weighted by Crippen LogP contribution is -2.27. The summed E-state index contributed by atoms with van der Waals surface area (Å²) in [5.41, 5.74) is 7.47. The maximum absolute atomic E-state index is 6.31. The van der Waals surface area contributed by atoms with E-state index in [9.17, 15) is 0 Å². The van der Waals surface area contributed by atoms with Gasteiger partial charge in [0.1, 0.15) is 5.75 Å². The van der Waals surface area contributed by atoms with Gasteiger partial charge in [0.25, 0.3) is 0 Å². The fourth-order valence-electron chi connectivity index (χ4n) is 2.24. The van der Waals surface area contributed by atoms with Crippen molar-refractivity contribution in [3.05, 3.63) is 28.2 Å². The average molecular weight is 337 g/mol. The number of ether oxygens (including phenoxy) is 2. The van der Waals surface area contributed by atoms with Crippen molar-refractivity contribution in [1.29, 1.82) is 0 Å². The molecule has 5 heteroatoms. The third-order valence-electron chi connectivity index (χ3n) is 3.33. The summed E-state index contributed by atoms with van der Waals surface area (Å²) in [6.07, 6.45) is 2.09. The molecule has 1 aromatic carbocycles. The minimum atomic E-state index is 0. The Balaban J connectivity index is 0.00000162. The van der Waals surface area contributed by atoms with Gasteiger partial charge >= 0.3 is 0 Å². The van der Waals surface area contributed by atoms with Crippen LogP contribution in [0.3, 0.4) is 0 Å². The van der Waals surface area contributed by atoms with Crippen molar-refractivity contribution >= 4 is 28.3 Å². The lowest BCUT2D eigenvalue weighted by molar-refractivity contribution is 0.0583. The molecule has 1 aliphatic rings. The van der Waals surface area contributed by atoms with Gasteiger partial charge in [-0.15, -0.1) is 12.4 Å². The Bertz CT molecular complexity index is 383. The van der Waals surface area contributed by atoms with E-state index in [0.717, 1.165) is 41.8 Å². The zero-order valence-electron chi connectivity index (χ0n) is 10.4. The monoisotopic (exact) mass is 335 g/mol. The summed E-state index contributed by atoms with van der Waals surface area (Å²) in [6.45, 7) is 1.66. The van der Waals surface area contributed by atoms with Gasteiger partial charge in [-0.25, -0.2) is 0 Å². The highest BCUT2D eigenvalue weighted by atomic mass is 79.9. The maximum atomic E-state index is 6.31. The molecule has 18 heavy (non-hydrogen) atoms. The molecule has 102 valence electrons. The van der Waals surface area contributed by atoms with Gasteiger partial charge in [0.15, 0.2) is 0 Å². The Morgan fingerprint density at radius 3 is 2.61 bits per heavy atom. The van der Waals surface area contributed by atoms with Crippen molar-refractivity contribution in [1.82, 2.24) is 0 Å². The molecule has 0 unspecified atom stereocenters. The van der Waals surface area contributed by atoms with Gasteiger partial charge in [0.05, 0.1) is 11.6 Å². The van der Waals surface area contributed by atoms with E-state index in [4.69, 9.17) is 15.2 Å². The smallest absolute Gasteiger partial charge is 0.133 e. The van der Waals surface area contributed by atoms with E-state index in [1.165, 1.54) is 0 Å². The molecule has 1 heterocycles. The van der Waals surface area contributed by atoms with Crippen LogP contribution in [0.2, 0.25) is 0 Å². The molecule has 1 atom stereocenters. The summed E-state index contributed by atoms with van der Waals surface area (Å²) in [6, 6.07) is 6.14. The summed E-state index contributed by atoms with van der Waals surface area (Å²) in [5, 5.41) is 0. The molecule has 1 aliphatic heterocycles. The molecule has 3 nitrogen and oxygen atoms in total. The molecule has 0 radical (unpaired) electrons. The Morgan fingerprint density at radius 2 is 2.06 bits per heavy atom. The predicted molar refractivity (Wildman–Crippen MR) is 78.4 cm³/mol. The van der Waals surface area contributed by atoms with E-state index in [2.05, 4.69) is 22.0 Å². The normalized spacial score (nSPS) is 17.9. The zero-order valence-corrected chi connectivity index (χ0v) is 12.8. The Kier molecular flexibility index (Phi) is 6.43. The molecule has 2 N–H and O–H groups in total. The molecule has 1 aromatic rings. The van der Waals surface area contributed by atoms with Crippen molar-refractivity contribution < 1.29 is 9.47 Å². The second-order valence-electron chi connectivity index (χ2n) is 4.37. The maximum Gasteiger partial charge on any atom is 0.133 e. The number of benzene rings is 1. The fraction of sp³-hybridized carbons (Fsp3) is 0.538. The van der Waals surface area contributed by atoms with Gasteiger partial charge in [0.2, 0.25) is 0 Å². The van der Waals surface area contributed by atoms with Crippen LogP contribution in [0.1, 0.15) is 24.4 Å². The lowest BCUT2D eigenvalue weighted by Gasteiger charge is -2.28. The van der Waals surface area contributed by atoms with Gasteiger partial charge in [-0.1, -0.05) is 6.07 Å². The van der Waals surface area contributed by atoms with Crippen LogP contribution >= 0.6 is 28.3 Å². The second kappa shape index (κ2) is 7.34. The predicted octanol–water partition coefficient (Wildman–Crippen LogP) is 3.31. The van der Waals surface area contributed by atoms with Crippen molar-refractivity contribution in [3.63, 3.8) is 0 Å². The number of methoxy groups -OCH3 is 1. The van der Waals surface area contributed by atoms with Crippen LogP contribution in [0.4, 0.5) is 0 Å². The first-order chi connectivity index (χ1) is 8.22. The quantitative estimate of drug-likeness (QED) is 0.921. The third-order valence-corrected chi connectivity index (χ3v) is 3.95. The second-order valence-corrected chi connectivity index (χ2v) is 5.22. The Labute approximate surface area is 123 Å². The highest BCUT2D eigenvalue weighted by molar-refractivity contribution is 9.10. The van der Waals surface area contributed by atoms with Crippen molar-refractivity contribution in [2.75, 3.05) is 20.3 Å². The molecule has 0 aromatic heterocycles. The molecule has 2 rings (SSSR count). The van der Waals surface area contributed by atoms with Gasteiger partial charge in [-0.05, 0) is 52.4 Å². The summed E-state index contributed by atoms with van der Waals surface area (Å²) < 4.78 is 11.5. The van der Waals surface area contributed by atoms with Crippen LogP contribution in [0.15, 0.2) is 22.7 Å². The lowest BCUT2D eigenvalue weighted by atomic mass is 9.88. The minimum Gasteiger partial charge on any atom is -0.496 e. The molecular formula is C13H19BrClNO2. The van der Waals surface area contributed by atoms with Crippen LogP contribution in [0.25, 0.3) is 0 Å². The molecule has 0 aliphatic carbocycles. The van der Waals surface area contributed by atoms with Gasteiger partial charge in [-0.2, -0.15) is 0 Å². The molecule has 1 fully saturated rings. The molecular weight excluding hydrogens is 318 g/mol. The highest BCUT2D eigenvalue weighted by Crippen LogP contribution is 2.32. The Morgan fingerprint density at radius 1 is 1.39 bits per heavy atom. The van der Waals surface area contributed by atoms with E-state index in [0.29, 0.717) is 5.92 Å². The summed E-state index contributed by atoms with van der Waals surface area (Å²) in [5.74, 6) is 1.36. The number of nitrogens with two attached hydrogens (primary N) is 1. The largest absolute Gasteiger partial charge is 0.496 e. The SMILES string of the molecule is COc1ccc([C@@H](N)C2CCOCC2)cc1Br.Cl. The first-order valence-corrected chi connectivity index (χ1v) is 6.68. The van der Waals surface area contributed by atoms with Gasteiger partial charge in [-0.3, -0.25) is 0 Å². The number of halogens is 2. The van der Waals surface area contributed by atoms with Gasteiger partial charge in [0, 0.05) is 19.3 Å². The number of hydrogen-bond donors (Lipinski definition) is 1. The van der Waals surface area contributed by atoms with Crippen LogP contribution in [-0.2, 0) is 4.74 Å². The van der Waals surface area contributed by atoms with E-state index < -0.39 is 0 Å². The molecule has 1 saturated heterocycles. The highest BCUT2D eigenvalue weighted by Gasteiger charge is 2.22. The van der Waals surface area contributed by atoms with E-state index in [-0.39, 0.29) is 18.4 Å². The van der Waals surface area contributed by atoms with E-state index >= 15 is 0 Å². The van der Waals surface area contributed by atoms with Crippen LogP contribution in [0.5, 0.6) is 5.75 Å². The summed E-state index contributed by atoms with van der Waals surface area (Å²) in [7, 11) is 1.66. The Hall–Kier alpha value is -0.290. The van der Waals surface area contributed by atoms with Crippen molar-refractivity contribution in [2.24, 2.45) is 11.7 Å². The number of hydrogen-bond acceptors (Lipinski definition) is 3. The molecule has 0 bridgehead atoms. The standard InChI is InChI=1S/C13H18BrNO2.ClH/c1-16-12-3-2-10(8-11(12)14)13(15)9-4-6-17-7-5-9;/h2-3,8-9,13H,4-7,15H2,1H3;1H/t13-;/m0./s1. The van der Waals surface area contributed by atoms with E-state index in [1.54, 1.807) is 7.11 Å². The molecule has 0 saturated carbocycles. The number of rotatable bonds is 3. The molecule has 0 spiro atoms. The third kappa shape index (κ3) is 3.60. The first kappa shape index (κ1) is 15.8.